The Hall–Kier alpha value is -2.60. The van der Waals surface area contributed by atoms with Crippen molar-refractivity contribution in [3.63, 3.8) is 0 Å². The highest BCUT2D eigenvalue weighted by molar-refractivity contribution is 5.64. The number of benzene rings is 2. The van der Waals surface area contributed by atoms with E-state index in [0.717, 1.165) is 101 Å². The van der Waals surface area contributed by atoms with Crippen LogP contribution in [0.25, 0.3) is 0 Å². The molecule has 2 aromatic carbocycles. The lowest BCUT2D eigenvalue weighted by Crippen LogP contribution is -2.77. The average Bonchev–Trinajstić information content (AvgIpc) is 4.06. The van der Waals surface area contributed by atoms with Gasteiger partial charge >= 0.3 is 0 Å². The molecule has 4 heterocycles. The van der Waals surface area contributed by atoms with Crippen molar-refractivity contribution in [3.05, 3.63) is 46.5 Å². The largest absolute Gasteiger partial charge is 0.504 e. The van der Waals surface area contributed by atoms with Gasteiger partial charge < -0.3 is 39.4 Å². The third-order valence-electron chi connectivity index (χ3n) is 16.0. The Labute approximate surface area is 306 Å². The molecule has 52 heavy (non-hydrogen) atoms. The maximum absolute atomic E-state index is 12.2. The van der Waals surface area contributed by atoms with Crippen molar-refractivity contribution in [3.8, 4) is 23.0 Å². The van der Waals surface area contributed by atoms with Crippen LogP contribution in [0.3, 0.4) is 0 Å². The second-order valence-electron chi connectivity index (χ2n) is 18.2. The first-order chi connectivity index (χ1) is 25.2. The molecule has 10 aliphatic rings. The molecule has 12 rings (SSSR count). The molecule has 280 valence electrons. The monoisotopic (exact) mass is 714 g/mol. The summed E-state index contributed by atoms with van der Waals surface area (Å²) < 4.78 is 24.3. The molecule has 0 amide bonds. The minimum absolute atomic E-state index is 0.0383. The van der Waals surface area contributed by atoms with Crippen LogP contribution in [-0.4, -0.2) is 118 Å². The Morgan fingerprint density at radius 1 is 0.635 bits per heavy atom. The normalized spacial score (nSPS) is 43.1. The van der Waals surface area contributed by atoms with Crippen LogP contribution in [0.2, 0.25) is 0 Å². The lowest BCUT2D eigenvalue weighted by molar-refractivity contribution is -0.212. The van der Waals surface area contributed by atoms with E-state index in [1.54, 1.807) is 26.4 Å². The fraction of sp³-hybridized carbons (Fsp3) is 0.714. The van der Waals surface area contributed by atoms with Gasteiger partial charge in [0.15, 0.2) is 23.0 Å². The minimum Gasteiger partial charge on any atom is -0.504 e. The molecule has 10 nitrogen and oxygen atoms in total. The third kappa shape index (κ3) is 4.02. The van der Waals surface area contributed by atoms with Gasteiger partial charge in [-0.3, -0.25) is 9.80 Å². The van der Waals surface area contributed by atoms with Crippen molar-refractivity contribution in [1.82, 2.24) is 9.80 Å². The smallest absolute Gasteiger partial charge is 0.165 e. The lowest BCUT2D eigenvalue weighted by atomic mass is 9.48. The van der Waals surface area contributed by atoms with E-state index >= 15 is 0 Å². The molecule has 6 fully saturated rings. The number of likely N-dealkylation sites (tertiary alicyclic amines) is 2. The fourth-order valence-electron chi connectivity index (χ4n) is 13.4. The molecule has 6 aliphatic carbocycles. The molecule has 2 saturated heterocycles. The molecule has 0 radical (unpaired) electrons. The molecule has 2 unspecified atom stereocenters. The first-order valence-electron chi connectivity index (χ1n) is 20.2. The van der Waals surface area contributed by atoms with Crippen LogP contribution in [0, 0.1) is 11.8 Å². The predicted octanol–water partition coefficient (Wildman–Crippen LogP) is 3.94. The second-order valence-corrected chi connectivity index (χ2v) is 18.2. The molecule has 4 aliphatic heterocycles. The third-order valence-corrected chi connectivity index (χ3v) is 16.0. The number of aromatic hydroxyl groups is 2. The Bertz CT molecular complexity index is 1680. The van der Waals surface area contributed by atoms with Crippen LogP contribution in [0.5, 0.6) is 23.0 Å². The van der Waals surface area contributed by atoms with Gasteiger partial charge in [-0.1, -0.05) is 12.1 Å². The Morgan fingerprint density at radius 3 is 1.44 bits per heavy atom. The summed E-state index contributed by atoms with van der Waals surface area (Å²) in [5.74, 6) is 3.23. The first-order valence-corrected chi connectivity index (χ1v) is 20.2. The molecule has 2 spiro atoms. The molecule has 10 heteroatoms. The van der Waals surface area contributed by atoms with Crippen LogP contribution in [0.15, 0.2) is 24.3 Å². The van der Waals surface area contributed by atoms with Crippen LogP contribution >= 0.6 is 0 Å². The number of rotatable bonds is 6. The van der Waals surface area contributed by atoms with Crippen molar-refractivity contribution >= 4 is 0 Å². The van der Waals surface area contributed by atoms with Gasteiger partial charge in [0.2, 0.25) is 0 Å². The van der Waals surface area contributed by atoms with E-state index in [0.29, 0.717) is 11.5 Å². The molecule has 4 bridgehead atoms. The number of methoxy groups -OCH3 is 2. The summed E-state index contributed by atoms with van der Waals surface area (Å²) in [5.41, 5.74) is 2.15. The molecule has 10 atom stereocenters. The maximum atomic E-state index is 12.2. The molecular formula is C42H54N2O8. The summed E-state index contributed by atoms with van der Waals surface area (Å²) in [6, 6.07) is 7.90. The summed E-state index contributed by atoms with van der Waals surface area (Å²) in [5, 5.41) is 45.3. The van der Waals surface area contributed by atoms with Gasteiger partial charge in [-0.05, 0) is 125 Å². The van der Waals surface area contributed by atoms with E-state index in [1.165, 1.54) is 36.8 Å². The summed E-state index contributed by atoms with van der Waals surface area (Å²) in [6.07, 6.45) is 11.4. The van der Waals surface area contributed by atoms with E-state index in [9.17, 15) is 20.4 Å². The number of nitrogens with zero attached hydrogens (tertiary/aromatic N) is 2. The van der Waals surface area contributed by atoms with Gasteiger partial charge in [0.05, 0.1) is 34.2 Å². The van der Waals surface area contributed by atoms with Gasteiger partial charge in [0, 0.05) is 50.5 Å². The Morgan fingerprint density at radius 2 is 1.06 bits per heavy atom. The molecule has 4 N–H and O–H groups in total. The van der Waals surface area contributed by atoms with Crippen molar-refractivity contribution < 1.29 is 39.4 Å². The zero-order chi connectivity index (χ0) is 35.4. The number of piperidine rings is 2. The summed E-state index contributed by atoms with van der Waals surface area (Å²) in [6.45, 7) is 4.22. The zero-order valence-electron chi connectivity index (χ0n) is 30.6. The molecule has 2 aromatic rings. The summed E-state index contributed by atoms with van der Waals surface area (Å²) in [4.78, 5) is 5.11. The summed E-state index contributed by atoms with van der Waals surface area (Å²) in [7, 11) is 3.47. The molecule has 4 saturated carbocycles. The van der Waals surface area contributed by atoms with Gasteiger partial charge in [-0.15, -0.1) is 0 Å². The van der Waals surface area contributed by atoms with E-state index in [-0.39, 0.29) is 48.0 Å². The summed E-state index contributed by atoms with van der Waals surface area (Å²) >= 11 is 0. The Kier molecular flexibility index (Phi) is 6.94. The van der Waals surface area contributed by atoms with Crippen molar-refractivity contribution in [2.24, 2.45) is 11.8 Å². The first kappa shape index (κ1) is 32.8. The number of hydrogen-bond acceptors (Lipinski definition) is 10. The van der Waals surface area contributed by atoms with Crippen LogP contribution in [-0.2, 0) is 33.1 Å². The highest BCUT2D eigenvalue weighted by atomic mass is 16.6. The topological polar surface area (TPSA) is 124 Å². The second kappa shape index (κ2) is 11.0. The average molecular weight is 715 g/mol. The fourth-order valence-corrected chi connectivity index (χ4v) is 13.4. The lowest BCUT2D eigenvalue weighted by Gasteiger charge is -2.64. The predicted molar refractivity (Wildman–Crippen MR) is 191 cm³/mol. The number of aliphatic hydroxyl groups is 2. The van der Waals surface area contributed by atoms with Gasteiger partial charge in [0.1, 0.15) is 12.2 Å². The maximum Gasteiger partial charge on any atom is 0.165 e. The van der Waals surface area contributed by atoms with Gasteiger partial charge in [0.25, 0.3) is 0 Å². The Balaban J connectivity index is 0.000000123. The van der Waals surface area contributed by atoms with E-state index in [2.05, 4.69) is 9.80 Å². The highest BCUT2D eigenvalue weighted by Gasteiger charge is 2.74. The SMILES string of the molecule is CO[C@@H]1CC[C@@]2(O)C3Cc4ccc(O)c5c4[C@@]2(CCN3CC2CC2)[C@H]1O5.CO[C@H]1CC[C@@]2(O)C3Cc4ccc(O)c5c4[C@@]2(CCN3CC2CC2)[C@H]1O5. The van der Waals surface area contributed by atoms with Crippen molar-refractivity contribution in [2.75, 3.05) is 40.4 Å². The van der Waals surface area contributed by atoms with Crippen molar-refractivity contribution in [1.29, 1.82) is 0 Å². The van der Waals surface area contributed by atoms with Crippen molar-refractivity contribution in [2.45, 2.75) is 136 Å². The number of phenolic OH excluding ortho intramolecular Hbond substituents is 2. The quantitative estimate of drug-likeness (QED) is 0.350. The van der Waals surface area contributed by atoms with E-state index < -0.39 is 22.0 Å². The highest BCUT2D eigenvalue weighted by Crippen LogP contribution is 2.67. The van der Waals surface area contributed by atoms with Crippen LogP contribution < -0.4 is 9.47 Å². The number of phenols is 2. The van der Waals surface area contributed by atoms with E-state index in [4.69, 9.17) is 18.9 Å². The van der Waals surface area contributed by atoms with Gasteiger partial charge in [-0.2, -0.15) is 0 Å². The molecule has 0 aromatic heterocycles. The van der Waals surface area contributed by atoms with Gasteiger partial charge in [-0.25, -0.2) is 0 Å². The van der Waals surface area contributed by atoms with Crippen LogP contribution in [0.1, 0.15) is 86.5 Å². The van der Waals surface area contributed by atoms with E-state index in [1.807, 2.05) is 12.1 Å². The zero-order valence-corrected chi connectivity index (χ0v) is 30.6. The number of hydrogen-bond donors (Lipinski definition) is 4. The van der Waals surface area contributed by atoms with Crippen LogP contribution in [0.4, 0.5) is 0 Å². The number of ether oxygens (including phenoxy) is 4. The minimum atomic E-state index is -0.800. The standard InChI is InChI=1S/2C21H27NO4/c2*1-25-15-6-7-21(24)16-10-13-4-5-14(23)18-17(13)20(21,19(15)26-18)8-9-22(16)11-12-2-3-12/h2*4-5,12,15-16,19,23-24H,2-3,6-11H2,1H3/t15-,16?,19+,20+,21-;15-,16?,19-,20-,21+/m10/s1. The molecular weight excluding hydrogens is 660 g/mol.